The van der Waals surface area contributed by atoms with Gasteiger partial charge in [0.05, 0.1) is 30.3 Å². The van der Waals surface area contributed by atoms with Crippen molar-refractivity contribution in [1.82, 2.24) is 9.62 Å². The first-order chi connectivity index (χ1) is 19.8. The summed E-state index contributed by atoms with van der Waals surface area (Å²) >= 11 is 0. The van der Waals surface area contributed by atoms with Crippen LogP contribution in [0.15, 0.2) is 77.7 Å². The van der Waals surface area contributed by atoms with Crippen molar-refractivity contribution in [1.29, 1.82) is 0 Å². The average molecular weight is 580 g/mol. The summed E-state index contributed by atoms with van der Waals surface area (Å²) in [6.45, 7) is 3.25. The summed E-state index contributed by atoms with van der Waals surface area (Å²) in [5.41, 5.74) is 2.25. The zero-order valence-electron chi connectivity index (χ0n) is 22.8. The minimum Gasteiger partial charge on any atom is -0.483 e. The van der Waals surface area contributed by atoms with Crippen LogP contribution in [0, 0.1) is 6.92 Å². The van der Waals surface area contributed by atoms with E-state index in [0.717, 1.165) is 5.56 Å². The lowest BCUT2D eigenvalue weighted by molar-refractivity contribution is -0.128. The summed E-state index contributed by atoms with van der Waals surface area (Å²) in [5, 5.41) is 2.90. The molecule has 0 aromatic heterocycles. The van der Waals surface area contributed by atoms with Crippen molar-refractivity contribution in [2.75, 3.05) is 50.9 Å². The lowest BCUT2D eigenvalue weighted by Gasteiger charge is -2.34. The smallest absolute Gasteiger partial charge is 0.265 e. The van der Waals surface area contributed by atoms with Gasteiger partial charge in [0.15, 0.2) is 12.7 Å². The average Bonchev–Trinajstić information content (AvgIpc) is 3.00. The van der Waals surface area contributed by atoms with E-state index in [-0.39, 0.29) is 29.9 Å². The molecule has 1 saturated heterocycles. The van der Waals surface area contributed by atoms with Gasteiger partial charge in [-0.15, -0.1) is 0 Å². The summed E-state index contributed by atoms with van der Waals surface area (Å²) in [6.07, 6.45) is -0.200. The zero-order chi connectivity index (χ0) is 28.8. The van der Waals surface area contributed by atoms with Gasteiger partial charge in [0.2, 0.25) is 10.0 Å². The number of morpholine rings is 1. The van der Waals surface area contributed by atoms with Gasteiger partial charge in [-0.25, -0.2) is 8.42 Å². The molecule has 0 aliphatic carbocycles. The molecule has 1 unspecified atom stereocenters. The van der Waals surface area contributed by atoms with Crippen molar-refractivity contribution < 1.29 is 32.2 Å². The van der Waals surface area contributed by atoms with Gasteiger partial charge >= 0.3 is 0 Å². The molecule has 2 aliphatic heterocycles. The molecular formula is C30H33N3O7S. The number of ether oxygens (including phenoxy) is 3. The maximum absolute atomic E-state index is 13.3. The highest BCUT2D eigenvalue weighted by Gasteiger charge is 2.34. The van der Waals surface area contributed by atoms with Gasteiger partial charge in [-0.2, -0.15) is 4.31 Å². The normalized spacial score (nSPS) is 17.3. The molecule has 0 radical (unpaired) electrons. The number of hydrogen-bond acceptors (Lipinski definition) is 7. The van der Waals surface area contributed by atoms with Crippen LogP contribution in [-0.4, -0.2) is 76.6 Å². The summed E-state index contributed by atoms with van der Waals surface area (Å²) in [7, 11) is -3.65. The Labute approximate surface area is 239 Å². The predicted molar refractivity (Wildman–Crippen MR) is 153 cm³/mol. The first-order valence-electron chi connectivity index (χ1n) is 13.5. The number of carbonyl (C=O) groups excluding carboxylic acids is 2. The van der Waals surface area contributed by atoms with Crippen LogP contribution >= 0.6 is 0 Å². The molecular weight excluding hydrogens is 546 g/mol. The van der Waals surface area contributed by atoms with Gasteiger partial charge < -0.3 is 24.4 Å². The van der Waals surface area contributed by atoms with E-state index in [1.165, 1.54) is 15.3 Å². The minimum absolute atomic E-state index is 0.0338. The van der Waals surface area contributed by atoms with Crippen LogP contribution < -0.4 is 19.7 Å². The largest absolute Gasteiger partial charge is 0.483 e. The van der Waals surface area contributed by atoms with E-state index < -0.39 is 16.1 Å². The topological polar surface area (TPSA) is 114 Å². The number of anilines is 1. The molecule has 0 bridgehead atoms. The molecule has 3 aromatic carbocycles. The van der Waals surface area contributed by atoms with Gasteiger partial charge in [-0.3, -0.25) is 9.59 Å². The van der Waals surface area contributed by atoms with Crippen molar-refractivity contribution in [3.05, 3.63) is 83.9 Å². The molecule has 0 saturated carbocycles. The van der Waals surface area contributed by atoms with Crippen LogP contribution in [0.3, 0.4) is 0 Å². The van der Waals surface area contributed by atoms with E-state index >= 15 is 0 Å². The van der Waals surface area contributed by atoms with Gasteiger partial charge in [0, 0.05) is 19.6 Å². The Balaban J connectivity index is 1.22. The monoisotopic (exact) mass is 579 g/mol. The molecule has 1 N–H and O–H groups in total. The van der Waals surface area contributed by atoms with E-state index in [2.05, 4.69) is 5.32 Å². The molecule has 10 nitrogen and oxygen atoms in total. The fourth-order valence-electron chi connectivity index (χ4n) is 4.79. The number of sulfonamides is 1. The van der Waals surface area contributed by atoms with E-state index in [9.17, 15) is 18.0 Å². The second kappa shape index (κ2) is 12.7. The predicted octanol–water partition coefficient (Wildman–Crippen LogP) is 2.55. The van der Waals surface area contributed by atoms with Crippen LogP contribution in [0.1, 0.15) is 11.1 Å². The molecule has 1 atom stereocenters. The molecule has 2 aliphatic rings. The second-order valence-electron chi connectivity index (χ2n) is 9.84. The fraction of sp³-hybridized carbons (Fsp3) is 0.333. The van der Waals surface area contributed by atoms with E-state index in [4.69, 9.17) is 14.2 Å². The minimum atomic E-state index is -3.65. The van der Waals surface area contributed by atoms with Crippen molar-refractivity contribution in [2.24, 2.45) is 0 Å². The van der Waals surface area contributed by atoms with Crippen LogP contribution in [-0.2, 0) is 30.8 Å². The molecule has 41 heavy (non-hydrogen) atoms. The van der Waals surface area contributed by atoms with E-state index in [1.54, 1.807) is 43.3 Å². The summed E-state index contributed by atoms with van der Waals surface area (Å²) in [5.74, 6) is 0.175. The lowest BCUT2D eigenvalue weighted by Crippen LogP contribution is -2.52. The number of benzene rings is 3. The second-order valence-corrected chi connectivity index (χ2v) is 11.8. The Morgan fingerprint density at radius 3 is 2.49 bits per heavy atom. The third-order valence-corrected chi connectivity index (χ3v) is 8.92. The highest BCUT2D eigenvalue weighted by Crippen LogP contribution is 2.33. The number of para-hydroxylation sites is 2. The fourth-order valence-corrected chi connectivity index (χ4v) is 6.29. The molecule has 1 fully saturated rings. The number of hydrogen-bond donors (Lipinski definition) is 1. The highest BCUT2D eigenvalue weighted by molar-refractivity contribution is 7.89. The number of fused-ring (bicyclic) bond motifs is 1. The first kappa shape index (κ1) is 28.6. The SMILES string of the molecule is Cc1cc(S(=O)(=O)N2CCOCC2)ccc1OCC(=O)N1CC(C(=O)NCCc2ccccc2)Oc2ccccc21. The number of nitrogens with zero attached hydrogens (tertiary/aromatic N) is 2. The molecule has 0 spiro atoms. The lowest BCUT2D eigenvalue weighted by atomic mass is 10.1. The molecule has 2 heterocycles. The first-order valence-corrected chi connectivity index (χ1v) is 15.0. The molecule has 5 rings (SSSR count). The number of amides is 2. The van der Waals surface area contributed by atoms with Crippen LogP contribution in [0.4, 0.5) is 5.69 Å². The van der Waals surface area contributed by atoms with Crippen molar-refractivity contribution >= 4 is 27.5 Å². The summed E-state index contributed by atoms with van der Waals surface area (Å²) in [4.78, 5) is 28.0. The summed E-state index contributed by atoms with van der Waals surface area (Å²) < 4.78 is 44.4. The van der Waals surface area contributed by atoms with Crippen LogP contribution in [0.2, 0.25) is 0 Å². The molecule has 216 valence electrons. The third kappa shape index (κ3) is 6.70. The van der Waals surface area contributed by atoms with Crippen molar-refractivity contribution in [2.45, 2.75) is 24.3 Å². The molecule has 11 heteroatoms. The number of nitrogens with one attached hydrogen (secondary N) is 1. The van der Waals surface area contributed by atoms with Gasteiger partial charge in [-0.05, 0) is 54.8 Å². The number of rotatable bonds is 9. The van der Waals surface area contributed by atoms with Crippen molar-refractivity contribution in [3.8, 4) is 11.5 Å². The van der Waals surface area contributed by atoms with Gasteiger partial charge in [-0.1, -0.05) is 42.5 Å². The Hall–Kier alpha value is -3.93. The Kier molecular flexibility index (Phi) is 8.87. The summed E-state index contributed by atoms with van der Waals surface area (Å²) in [6, 6.07) is 21.5. The Morgan fingerprint density at radius 2 is 1.73 bits per heavy atom. The Morgan fingerprint density at radius 1 is 1.00 bits per heavy atom. The standard InChI is InChI=1S/C30H33N3O7S/c1-22-19-24(41(36,37)32-15-17-38-18-16-32)11-12-26(22)39-21-29(34)33-20-28(40-27-10-6-5-9-25(27)33)30(35)31-14-13-23-7-3-2-4-8-23/h2-12,19,28H,13-18,20-21H2,1H3,(H,31,35). The van der Waals surface area contributed by atoms with Crippen LogP contribution in [0.5, 0.6) is 11.5 Å². The molecule has 2 amide bonds. The quantitative estimate of drug-likeness (QED) is 0.415. The van der Waals surface area contributed by atoms with Gasteiger partial charge in [0.25, 0.3) is 11.8 Å². The third-order valence-electron chi connectivity index (χ3n) is 7.03. The molecule has 3 aromatic rings. The number of carbonyl (C=O) groups is 2. The van der Waals surface area contributed by atoms with Crippen molar-refractivity contribution in [3.63, 3.8) is 0 Å². The maximum atomic E-state index is 13.3. The highest BCUT2D eigenvalue weighted by atomic mass is 32.2. The Bertz CT molecular complexity index is 1490. The zero-order valence-corrected chi connectivity index (χ0v) is 23.6. The van der Waals surface area contributed by atoms with E-state index in [1.807, 2.05) is 30.3 Å². The number of aryl methyl sites for hydroxylation is 1. The maximum Gasteiger partial charge on any atom is 0.265 e. The van der Waals surface area contributed by atoms with Gasteiger partial charge in [0.1, 0.15) is 11.5 Å². The van der Waals surface area contributed by atoms with E-state index in [0.29, 0.717) is 62.0 Å². The van der Waals surface area contributed by atoms with Crippen LogP contribution in [0.25, 0.3) is 0 Å².